The van der Waals surface area contributed by atoms with E-state index in [4.69, 9.17) is 14.5 Å². The molecule has 1 aromatic heterocycles. The first-order chi connectivity index (χ1) is 13.8. The number of fused-ring (bicyclic) bond motifs is 1. The highest BCUT2D eigenvalue weighted by Gasteiger charge is 2.18. The van der Waals surface area contributed by atoms with Crippen molar-refractivity contribution >= 4 is 17.5 Å². The minimum absolute atomic E-state index is 0.520. The number of ether oxygens (including phenoxy) is 2. The lowest BCUT2D eigenvalue weighted by atomic mass is 10.0. The van der Waals surface area contributed by atoms with Gasteiger partial charge in [0.1, 0.15) is 23.9 Å². The van der Waals surface area contributed by atoms with E-state index in [-0.39, 0.29) is 0 Å². The Labute approximate surface area is 165 Å². The van der Waals surface area contributed by atoms with Crippen LogP contribution in [0.5, 0.6) is 11.5 Å². The maximum absolute atomic E-state index is 5.74. The summed E-state index contributed by atoms with van der Waals surface area (Å²) in [4.78, 5) is 11.3. The Bertz CT molecular complexity index is 914. The maximum atomic E-state index is 5.74. The summed E-state index contributed by atoms with van der Waals surface area (Å²) in [7, 11) is 1.65. The van der Waals surface area contributed by atoms with Gasteiger partial charge in [0, 0.05) is 18.4 Å². The fraction of sp³-hybridized carbons (Fsp3) is 0.273. The number of aromatic nitrogens is 2. The van der Waals surface area contributed by atoms with Crippen molar-refractivity contribution in [2.24, 2.45) is 0 Å². The number of nitrogens with zero attached hydrogens (tertiary/aromatic N) is 3. The van der Waals surface area contributed by atoms with Gasteiger partial charge in [-0.3, -0.25) is 0 Å². The molecule has 28 heavy (non-hydrogen) atoms. The second kappa shape index (κ2) is 8.61. The number of hydrogen-bond donors (Lipinski definition) is 1. The molecule has 2 heterocycles. The summed E-state index contributed by atoms with van der Waals surface area (Å²) < 4.78 is 10.9. The molecule has 0 amide bonds. The molecule has 0 saturated heterocycles. The molecule has 4 rings (SSSR count). The Morgan fingerprint density at radius 3 is 2.71 bits per heavy atom. The molecule has 1 aliphatic heterocycles. The van der Waals surface area contributed by atoms with Crippen LogP contribution in [-0.2, 0) is 6.42 Å². The quantitative estimate of drug-likeness (QED) is 0.628. The molecule has 3 aromatic rings. The first-order valence-corrected chi connectivity index (χ1v) is 9.53. The first-order valence-electron chi connectivity index (χ1n) is 9.53. The van der Waals surface area contributed by atoms with Crippen LogP contribution in [0.1, 0.15) is 12.0 Å². The van der Waals surface area contributed by atoms with Crippen LogP contribution in [0.15, 0.2) is 60.8 Å². The zero-order chi connectivity index (χ0) is 19.2. The van der Waals surface area contributed by atoms with Crippen LogP contribution in [0.4, 0.5) is 17.5 Å². The monoisotopic (exact) mass is 376 g/mol. The second-order valence-electron chi connectivity index (χ2n) is 6.57. The lowest BCUT2D eigenvalue weighted by molar-refractivity contribution is 0.331. The Balaban J connectivity index is 1.35. The molecule has 0 bridgehead atoms. The fourth-order valence-corrected chi connectivity index (χ4v) is 3.36. The van der Waals surface area contributed by atoms with Crippen LogP contribution in [-0.4, -0.2) is 36.8 Å². The predicted molar refractivity (Wildman–Crippen MR) is 111 cm³/mol. The molecule has 0 atom stereocenters. The van der Waals surface area contributed by atoms with E-state index in [9.17, 15) is 0 Å². The molecule has 144 valence electrons. The zero-order valence-electron chi connectivity index (χ0n) is 16.0. The highest BCUT2D eigenvalue weighted by Crippen LogP contribution is 2.32. The van der Waals surface area contributed by atoms with E-state index in [0.717, 1.165) is 36.7 Å². The Kier molecular flexibility index (Phi) is 5.56. The molecule has 0 saturated carbocycles. The molecule has 2 aromatic carbocycles. The Morgan fingerprint density at radius 2 is 1.86 bits per heavy atom. The van der Waals surface area contributed by atoms with E-state index >= 15 is 0 Å². The highest BCUT2D eigenvalue weighted by molar-refractivity contribution is 5.65. The third-order valence-electron chi connectivity index (χ3n) is 4.74. The van der Waals surface area contributed by atoms with E-state index in [1.165, 1.54) is 11.3 Å². The van der Waals surface area contributed by atoms with Gasteiger partial charge in [0.15, 0.2) is 0 Å². The van der Waals surface area contributed by atoms with Gasteiger partial charge in [-0.25, -0.2) is 4.98 Å². The number of hydrogen-bond acceptors (Lipinski definition) is 6. The number of aryl methyl sites for hydroxylation is 1. The standard InChI is InChI=1S/C22H24N4O2/c1-27-18-8-10-19(11-9-18)28-16-14-24-22-23-13-12-21(25-22)26-15-4-6-17-5-2-3-7-20(17)26/h2-3,5,7-13H,4,6,14-16H2,1H3,(H,23,24,25). The molecule has 0 aliphatic carbocycles. The second-order valence-corrected chi connectivity index (χ2v) is 6.57. The predicted octanol–water partition coefficient (Wildman–Crippen LogP) is 4.06. The van der Waals surface area contributed by atoms with E-state index in [1.807, 2.05) is 30.3 Å². The first kappa shape index (κ1) is 18.1. The average molecular weight is 376 g/mol. The van der Waals surface area contributed by atoms with E-state index in [2.05, 4.69) is 39.5 Å². The van der Waals surface area contributed by atoms with Gasteiger partial charge in [0.2, 0.25) is 5.95 Å². The van der Waals surface area contributed by atoms with Crippen LogP contribution in [0.3, 0.4) is 0 Å². The fourth-order valence-electron chi connectivity index (χ4n) is 3.36. The number of para-hydroxylation sites is 1. The summed E-state index contributed by atoms with van der Waals surface area (Å²) in [6, 6.07) is 18.0. The molecule has 0 fully saturated rings. The molecular formula is C22H24N4O2. The van der Waals surface area contributed by atoms with Gasteiger partial charge in [0.05, 0.1) is 13.7 Å². The SMILES string of the molecule is COc1ccc(OCCNc2nccc(N3CCCc4ccccc43)n2)cc1. The molecule has 0 spiro atoms. The van der Waals surface area contributed by atoms with Crippen molar-refractivity contribution in [1.82, 2.24) is 9.97 Å². The number of benzene rings is 2. The van der Waals surface area contributed by atoms with Crippen LogP contribution in [0, 0.1) is 0 Å². The molecule has 1 aliphatic rings. The van der Waals surface area contributed by atoms with E-state index in [1.54, 1.807) is 13.3 Å². The van der Waals surface area contributed by atoms with Gasteiger partial charge in [-0.05, 0) is 54.8 Å². The Hall–Kier alpha value is -3.28. The van der Waals surface area contributed by atoms with Gasteiger partial charge in [-0.2, -0.15) is 4.98 Å². The summed E-state index contributed by atoms with van der Waals surface area (Å²) in [5, 5.41) is 3.24. The number of rotatable bonds is 7. The van der Waals surface area contributed by atoms with Crippen molar-refractivity contribution in [3.05, 3.63) is 66.4 Å². The smallest absolute Gasteiger partial charge is 0.224 e. The summed E-state index contributed by atoms with van der Waals surface area (Å²) in [5.41, 5.74) is 2.61. The highest BCUT2D eigenvalue weighted by atomic mass is 16.5. The number of anilines is 3. The summed E-state index contributed by atoms with van der Waals surface area (Å²) in [5.74, 6) is 3.15. The lowest BCUT2D eigenvalue weighted by Crippen LogP contribution is -2.25. The van der Waals surface area contributed by atoms with Crippen molar-refractivity contribution in [3.63, 3.8) is 0 Å². The van der Waals surface area contributed by atoms with Crippen molar-refractivity contribution < 1.29 is 9.47 Å². The van der Waals surface area contributed by atoms with Crippen LogP contribution in [0.2, 0.25) is 0 Å². The molecule has 6 nitrogen and oxygen atoms in total. The number of nitrogens with one attached hydrogen (secondary N) is 1. The van der Waals surface area contributed by atoms with Crippen molar-refractivity contribution in [1.29, 1.82) is 0 Å². The minimum Gasteiger partial charge on any atom is -0.497 e. The molecular weight excluding hydrogens is 352 g/mol. The Morgan fingerprint density at radius 1 is 1.04 bits per heavy atom. The normalized spacial score (nSPS) is 13.0. The lowest BCUT2D eigenvalue weighted by Gasteiger charge is -2.30. The van der Waals surface area contributed by atoms with Gasteiger partial charge in [0.25, 0.3) is 0 Å². The van der Waals surface area contributed by atoms with E-state index in [0.29, 0.717) is 19.1 Å². The summed E-state index contributed by atoms with van der Waals surface area (Å²) in [6.07, 6.45) is 4.04. The van der Waals surface area contributed by atoms with Crippen molar-refractivity contribution in [3.8, 4) is 11.5 Å². The number of methoxy groups -OCH3 is 1. The van der Waals surface area contributed by atoms with Gasteiger partial charge in [-0.1, -0.05) is 18.2 Å². The molecule has 1 N–H and O–H groups in total. The summed E-state index contributed by atoms with van der Waals surface area (Å²) >= 11 is 0. The van der Waals surface area contributed by atoms with Crippen molar-refractivity contribution in [2.45, 2.75) is 12.8 Å². The van der Waals surface area contributed by atoms with Gasteiger partial charge >= 0.3 is 0 Å². The largest absolute Gasteiger partial charge is 0.497 e. The maximum Gasteiger partial charge on any atom is 0.224 e. The minimum atomic E-state index is 0.520. The summed E-state index contributed by atoms with van der Waals surface area (Å²) in [6.45, 7) is 2.10. The third kappa shape index (κ3) is 4.17. The average Bonchev–Trinajstić information content (AvgIpc) is 2.77. The zero-order valence-corrected chi connectivity index (χ0v) is 16.0. The topological polar surface area (TPSA) is 59.5 Å². The van der Waals surface area contributed by atoms with Crippen LogP contribution >= 0.6 is 0 Å². The third-order valence-corrected chi connectivity index (χ3v) is 4.74. The van der Waals surface area contributed by atoms with Crippen molar-refractivity contribution in [2.75, 3.05) is 37.0 Å². The van der Waals surface area contributed by atoms with Crippen LogP contribution in [0.25, 0.3) is 0 Å². The molecule has 6 heteroatoms. The molecule has 0 unspecified atom stereocenters. The molecule has 0 radical (unpaired) electrons. The van der Waals surface area contributed by atoms with E-state index < -0.39 is 0 Å². The van der Waals surface area contributed by atoms with Crippen LogP contribution < -0.4 is 19.7 Å². The van der Waals surface area contributed by atoms with Gasteiger partial charge < -0.3 is 19.7 Å². The van der Waals surface area contributed by atoms with Gasteiger partial charge in [-0.15, -0.1) is 0 Å².